The first kappa shape index (κ1) is 19.3. The van der Waals surface area contributed by atoms with Gasteiger partial charge in [0, 0.05) is 43.5 Å². The molecule has 0 saturated carbocycles. The van der Waals surface area contributed by atoms with Crippen LogP contribution in [-0.2, 0) is 13.0 Å². The van der Waals surface area contributed by atoms with Crippen LogP contribution in [-0.4, -0.2) is 40.0 Å². The van der Waals surface area contributed by atoms with Crippen LogP contribution in [0.25, 0.3) is 21.9 Å². The number of ether oxygens (including phenoxy) is 1. The number of hydrogen-bond donors (Lipinski definition) is 3. The Bertz CT molecular complexity index is 1400. The molecule has 0 spiro atoms. The smallest absolute Gasteiger partial charge is 0.289 e. The van der Waals surface area contributed by atoms with Gasteiger partial charge < -0.3 is 25.1 Å². The van der Waals surface area contributed by atoms with Crippen molar-refractivity contribution in [2.75, 3.05) is 18.4 Å². The highest BCUT2D eigenvalue weighted by molar-refractivity contribution is 6.28. The molecule has 2 aliphatic rings. The first-order valence-corrected chi connectivity index (χ1v) is 10.8. The Morgan fingerprint density at radius 2 is 2.09 bits per heavy atom. The van der Waals surface area contributed by atoms with Gasteiger partial charge in [-0.15, -0.1) is 0 Å². The number of carbonyl (C=O) groups is 1. The van der Waals surface area contributed by atoms with Gasteiger partial charge in [0.1, 0.15) is 5.58 Å². The van der Waals surface area contributed by atoms with Crippen molar-refractivity contribution in [1.29, 1.82) is 0 Å². The molecule has 0 saturated heterocycles. The molecule has 3 N–H and O–H groups in total. The van der Waals surface area contributed by atoms with E-state index in [0.717, 1.165) is 35.0 Å². The van der Waals surface area contributed by atoms with Crippen LogP contribution in [0.1, 0.15) is 28.7 Å². The van der Waals surface area contributed by atoms with Crippen LogP contribution in [0.15, 0.2) is 28.7 Å². The van der Waals surface area contributed by atoms with Gasteiger partial charge in [-0.3, -0.25) is 4.79 Å². The monoisotopic (exact) mass is 450 g/mol. The number of halogens is 1. The Balaban J connectivity index is 1.44. The molecule has 1 aromatic carbocycles. The summed E-state index contributed by atoms with van der Waals surface area (Å²) >= 11 is 6.11. The Hall–Kier alpha value is -3.43. The van der Waals surface area contributed by atoms with Gasteiger partial charge in [-0.25, -0.2) is 9.97 Å². The fraction of sp³-hybridized carbons (Fsp3) is 0.273. The zero-order valence-electron chi connectivity index (χ0n) is 17.2. The number of aromatic nitrogens is 3. The van der Waals surface area contributed by atoms with E-state index in [1.165, 1.54) is 0 Å². The largest absolute Gasteiger partial charge is 0.449 e. The predicted molar refractivity (Wildman–Crippen MR) is 119 cm³/mol. The van der Waals surface area contributed by atoms with Crippen molar-refractivity contribution in [3.63, 3.8) is 0 Å². The normalized spacial score (nSPS) is 17.9. The van der Waals surface area contributed by atoms with Crippen molar-refractivity contribution in [1.82, 2.24) is 25.6 Å². The number of nitrogens with one attached hydrogen (secondary N) is 3. The lowest BCUT2D eigenvalue weighted by Gasteiger charge is -2.18. The second kappa shape index (κ2) is 7.32. The third kappa shape index (κ3) is 3.12. The van der Waals surface area contributed by atoms with E-state index < -0.39 is 0 Å². The van der Waals surface area contributed by atoms with Crippen molar-refractivity contribution < 1.29 is 13.9 Å². The van der Waals surface area contributed by atoms with Gasteiger partial charge in [0.05, 0.1) is 27.8 Å². The maximum absolute atomic E-state index is 12.5. The number of anilines is 1. The van der Waals surface area contributed by atoms with Crippen LogP contribution in [0.4, 0.5) is 5.69 Å². The average Bonchev–Trinajstić information content (AvgIpc) is 3.10. The molecule has 2 aliphatic heterocycles. The number of fused-ring (bicyclic) bond motifs is 6. The zero-order valence-corrected chi connectivity index (χ0v) is 17.9. The number of nitrogens with zero attached hydrogens (tertiary/aromatic N) is 3. The quantitative estimate of drug-likeness (QED) is 0.398. The molecule has 1 atom stereocenters. The van der Waals surface area contributed by atoms with Gasteiger partial charge in [0.25, 0.3) is 5.91 Å². The van der Waals surface area contributed by atoms with E-state index in [9.17, 15) is 4.79 Å². The third-order valence-corrected chi connectivity index (χ3v) is 5.90. The van der Waals surface area contributed by atoms with Crippen LogP contribution in [0.3, 0.4) is 0 Å². The summed E-state index contributed by atoms with van der Waals surface area (Å²) in [5.74, 6) is 0.860. The maximum Gasteiger partial charge on any atom is 0.289 e. The fourth-order valence-corrected chi connectivity index (χ4v) is 4.41. The van der Waals surface area contributed by atoms with Gasteiger partial charge in [0.2, 0.25) is 22.8 Å². The summed E-state index contributed by atoms with van der Waals surface area (Å²) in [7, 11) is 0. The number of benzene rings is 1. The van der Waals surface area contributed by atoms with Crippen LogP contribution in [0.5, 0.6) is 11.8 Å². The van der Waals surface area contributed by atoms with Crippen LogP contribution < -0.4 is 20.7 Å². The second-order valence-electron chi connectivity index (χ2n) is 7.97. The molecule has 10 heteroatoms. The summed E-state index contributed by atoms with van der Waals surface area (Å²) in [6.07, 6.45) is 0.766. The third-order valence-electron chi connectivity index (χ3n) is 5.73. The number of amides is 1. The van der Waals surface area contributed by atoms with E-state index >= 15 is 0 Å². The zero-order chi connectivity index (χ0) is 21.8. The van der Waals surface area contributed by atoms with E-state index in [-0.39, 0.29) is 23.0 Å². The van der Waals surface area contributed by atoms with Gasteiger partial charge in [-0.1, -0.05) is 0 Å². The molecule has 1 unspecified atom stereocenters. The molecular weight excluding hydrogens is 432 g/mol. The number of hydrogen-bond acceptors (Lipinski definition) is 8. The molecule has 9 nitrogen and oxygen atoms in total. The highest BCUT2D eigenvalue weighted by atomic mass is 35.5. The van der Waals surface area contributed by atoms with Gasteiger partial charge >= 0.3 is 0 Å². The number of rotatable bonds is 2. The average molecular weight is 451 g/mol. The van der Waals surface area contributed by atoms with E-state index in [2.05, 4.69) is 30.9 Å². The molecule has 3 aromatic heterocycles. The molecule has 0 radical (unpaired) electrons. The fourth-order valence-electron chi connectivity index (χ4n) is 4.23. The van der Waals surface area contributed by atoms with E-state index in [0.29, 0.717) is 41.6 Å². The second-order valence-corrected chi connectivity index (χ2v) is 8.31. The molecule has 0 bridgehead atoms. The Morgan fingerprint density at radius 1 is 1.19 bits per heavy atom. The van der Waals surface area contributed by atoms with Crippen molar-refractivity contribution in [3.8, 4) is 11.8 Å². The topological polar surface area (TPSA) is 114 Å². The predicted octanol–water partition coefficient (Wildman–Crippen LogP) is 3.41. The molecule has 5 heterocycles. The molecule has 6 rings (SSSR count). The highest BCUT2D eigenvalue weighted by Crippen LogP contribution is 2.38. The Labute approximate surface area is 187 Å². The Morgan fingerprint density at radius 3 is 3.00 bits per heavy atom. The lowest BCUT2D eigenvalue weighted by Crippen LogP contribution is -2.34. The molecule has 162 valence electrons. The molecule has 0 fully saturated rings. The minimum atomic E-state index is -0.228. The van der Waals surface area contributed by atoms with Crippen molar-refractivity contribution in [2.45, 2.75) is 25.9 Å². The number of carbonyl (C=O) groups excluding carboxylic acids is 1. The summed E-state index contributed by atoms with van der Waals surface area (Å²) < 4.78 is 11.9. The summed E-state index contributed by atoms with van der Waals surface area (Å²) in [5.41, 5.74) is 3.80. The summed E-state index contributed by atoms with van der Waals surface area (Å²) in [6, 6.07) is 7.34. The van der Waals surface area contributed by atoms with Gasteiger partial charge in [-0.2, -0.15) is 4.98 Å². The molecule has 4 aromatic rings. The lowest BCUT2D eigenvalue weighted by atomic mass is 10.1. The first-order chi connectivity index (χ1) is 15.6. The van der Waals surface area contributed by atoms with Crippen LogP contribution in [0.2, 0.25) is 5.28 Å². The Kier molecular flexibility index (Phi) is 4.41. The van der Waals surface area contributed by atoms with E-state index in [1.54, 1.807) is 6.07 Å². The van der Waals surface area contributed by atoms with E-state index in [1.807, 2.05) is 25.1 Å². The lowest BCUT2D eigenvalue weighted by molar-refractivity contribution is 0.0920. The van der Waals surface area contributed by atoms with Gasteiger partial charge in [-0.05, 0) is 36.7 Å². The van der Waals surface area contributed by atoms with Gasteiger partial charge in [0.15, 0.2) is 0 Å². The SMILES string of the molecule is CC1CNc2c(oc3ccc4nc(Oc5nc(Cl)nc6c5CNCC6)ccc4c23)C(=O)N1. The molecule has 1 amide bonds. The standard InChI is InChI=1S/C22H19ClN6O3/c1-10-8-25-18-17-11-2-5-16(27-13(11)3-4-15(17)31-19(18)20(30)26-10)32-21-12-9-24-7-6-14(12)28-22(23)29-21/h2-5,10,24-25H,6-9H2,1H3,(H,26,30). The minimum absolute atomic E-state index is 0.00615. The highest BCUT2D eigenvalue weighted by Gasteiger charge is 2.27. The van der Waals surface area contributed by atoms with Crippen molar-refractivity contribution in [3.05, 3.63) is 46.6 Å². The van der Waals surface area contributed by atoms with Crippen LogP contribution >= 0.6 is 11.6 Å². The first-order valence-electron chi connectivity index (χ1n) is 10.4. The van der Waals surface area contributed by atoms with Crippen molar-refractivity contribution in [2.24, 2.45) is 0 Å². The summed E-state index contributed by atoms with van der Waals surface area (Å²) in [5, 5.41) is 11.4. The summed E-state index contributed by atoms with van der Waals surface area (Å²) in [4.78, 5) is 25.8. The molecular formula is C22H19ClN6O3. The number of pyridine rings is 1. The summed E-state index contributed by atoms with van der Waals surface area (Å²) in [6.45, 7) is 4.00. The molecule has 32 heavy (non-hydrogen) atoms. The van der Waals surface area contributed by atoms with Crippen LogP contribution in [0, 0.1) is 0 Å². The minimum Gasteiger partial charge on any atom is -0.449 e. The van der Waals surface area contributed by atoms with Crippen molar-refractivity contribution >= 4 is 45.1 Å². The number of furan rings is 1. The van der Waals surface area contributed by atoms with E-state index in [4.69, 9.17) is 20.8 Å². The maximum atomic E-state index is 12.5. The molecule has 0 aliphatic carbocycles.